The summed E-state index contributed by atoms with van der Waals surface area (Å²) in [5.74, 6) is 0.330. The van der Waals surface area contributed by atoms with Crippen molar-refractivity contribution in [2.75, 3.05) is 18.9 Å². The molecule has 8 heteroatoms. The van der Waals surface area contributed by atoms with Gasteiger partial charge in [-0.3, -0.25) is 4.79 Å². The molecule has 0 saturated carbocycles. The van der Waals surface area contributed by atoms with Crippen LogP contribution < -0.4 is 10.6 Å². The highest BCUT2D eigenvalue weighted by atomic mass is 16.2. The molecule has 3 amide bonds. The van der Waals surface area contributed by atoms with E-state index < -0.39 is 0 Å². The van der Waals surface area contributed by atoms with E-state index in [1.807, 2.05) is 30.3 Å². The molecular formula is C18H20N6O2. The zero-order valence-corrected chi connectivity index (χ0v) is 14.4. The fourth-order valence-electron chi connectivity index (χ4n) is 2.48. The Balaban J connectivity index is 1.44. The van der Waals surface area contributed by atoms with Gasteiger partial charge in [-0.05, 0) is 11.6 Å². The molecule has 0 saturated heterocycles. The van der Waals surface area contributed by atoms with Crippen molar-refractivity contribution in [3.05, 3.63) is 60.4 Å². The van der Waals surface area contributed by atoms with Crippen molar-refractivity contribution in [2.45, 2.75) is 13.0 Å². The maximum Gasteiger partial charge on any atom is 0.317 e. The van der Waals surface area contributed by atoms with Crippen LogP contribution in [-0.4, -0.2) is 45.0 Å². The van der Waals surface area contributed by atoms with E-state index in [4.69, 9.17) is 0 Å². The molecule has 3 aromatic rings. The molecule has 2 N–H and O–H groups in total. The topological polar surface area (TPSA) is 91.6 Å². The largest absolute Gasteiger partial charge is 0.337 e. The fourth-order valence-corrected chi connectivity index (χ4v) is 2.48. The number of carbonyl (C=O) groups excluding carboxylic acids is 2. The zero-order valence-electron chi connectivity index (χ0n) is 14.4. The molecule has 2 heterocycles. The van der Waals surface area contributed by atoms with E-state index in [0.29, 0.717) is 18.0 Å². The van der Waals surface area contributed by atoms with Gasteiger partial charge in [-0.2, -0.15) is 9.61 Å². The highest BCUT2D eigenvalue weighted by molar-refractivity contribution is 5.90. The summed E-state index contributed by atoms with van der Waals surface area (Å²) in [6.45, 7) is 0.754. The molecule has 0 bridgehead atoms. The Bertz CT molecular complexity index is 893. The Hall–Kier alpha value is -3.42. The van der Waals surface area contributed by atoms with Crippen LogP contribution in [0.4, 0.5) is 10.6 Å². The predicted octanol–water partition coefficient (Wildman–Crippen LogP) is 1.90. The second kappa shape index (κ2) is 8.11. The van der Waals surface area contributed by atoms with Crippen molar-refractivity contribution in [1.29, 1.82) is 0 Å². The van der Waals surface area contributed by atoms with Crippen LogP contribution in [-0.2, 0) is 11.3 Å². The quantitative estimate of drug-likeness (QED) is 0.709. The SMILES string of the molecule is CN(Cc1ccccc1)C(=O)NCCC(=O)Nc1ccnc2ccnn12. The van der Waals surface area contributed by atoms with Crippen molar-refractivity contribution >= 4 is 23.4 Å². The summed E-state index contributed by atoms with van der Waals surface area (Å²) in [4.78, 5) is 29.9. The maximum atomic E-state index is 12.1. The van der Waals surface area contributed by atoms with Crippen LogP contribution in [0.3, 0.4) is 0 Å². The molecule has 0 atom stereocenters. The molecule has 3 rings (SSSR count). The van der Waals surface area contributed by atoms with Crippen LogP contribution in [0.1, 0.15) is 12.0 Å². The van der Waals surface area contributed by atoms with Gasteiger partial charge in [0.2, 0.25) is 5.91 Å². The highest BCUT2D eigenvalue weighted by Crippen LogP contribution is 2.08. The fraction of sp³-hybridized carbons (Fsp3) is 0.222. The summed E-state index contributed by atoms with van der Waals surface area (Å²) in [6.07, 6.45) is 3.38. The van der Waals surface area contributed by atoms with Crippen molar-refractivity contribution < 1.29 is 9.59 Å². The summed E-state index contributed by atoms with van der Waals surface area (Å²) in [6, 6.07) is 12.9. The number of hydrogen-bond donors (Lipinski definition) is 2. The number of rotatable bonds is 6. The van der Waals surface area contributed by atoms with Gasteiger partial charge in [0.1, 0.15) is 5.82 Å². The minimum Gasteiger partial charge on any atom is -0.337 e. The van der Waals surface area contributed by atoms with Crippen LogP contribution in [0.25, 0.3) is 5.65 Å². The number of urea groups is 1. The van der Waals surface area contributed by atoms with E-state index in [2.05, 4.69) is 20.7 Å². The molecule has 0 aliphatic heterocycles. The van der Waals surface area contributed by atoms with Crippen LogP contribution >= 0.6 is 0 Å². The maximum absolute atomic E-state index is 12.1. The number of carbonyl (C=O) groups is 2. The first kappa shape index (κ1) is 17.4. The van der Waals surface area contributed by atoms with Gasteiger partial charge in [-0.25, -0.2) is 9.78 Å². The van der Waals surface area contributed by atoms with E-state index in [9.17, 15) is 9.59 Å². The van der Waals surface area contributed by atoms with E-state index in [0.717, 1.165) is 5.56 Å². The average Bonchev–Trinajstić information content (AvgIpc) is 3.12. The Labute approximate surface area is 150 Å². The standard InChI is InChI=1S/C18H20N6O2/c1-23(13-14-5-3-2-4-6-14)18(26)20-11-9-17(25)22-16-7-10-19-15-8-12-21-24(15)16/h2-8,10,12H,9,11,13H2,1H3,(H,20,26)(H,22,25). The van der Waals surface area contributed by atoms with Gasteiger partial charge < -0.3 is 15.5 Å². The van der Waals surface area contributed by atoms with Gasteiger partial charge in [0.25, 0.3) is 0 Å². The Kier molecular flexibility index (Phi) is 5.43. The Morgan fingerprint density at radius 2 is 1.92 bits per heavy atom. The van der Waals surface area contributed by atoms with E-state index >= 15 is 0 Å². The summed E-state index contributed by atoms with van der Waals surface area (Å²) in [5, 5.41) is 9.62. The van der Waals surface area contributed by atoms with Gasteiger partial charge in [0.15, 0.2) is 5.65 Å². The van der Waals surface area contributed by atoms with E-state index in [1.165, 1.54) is 0 Å². The Morgan fingerprint density at radius 3 is 2.73 bits per heavy atom. The molecular weight excluding hydrogens is 332 g/mol. The average molecular weight is 352 g/mol. The number of benzene rings is 1. The van der Waals surface area contributed by atoms with E-state index in [1.54, 1.807) is 41.0 Å². The van der Waals surface area contributed by atoms with E-state index in [-0.39, 0.29) is 24.9 Å². The van der Waals surface area contributed by atoms with Gasteiger partial charge >= 0.3 is 6.03 Å². The number of nitrogens with one attached hydrogen (secondary N) is 2. The first-order valence-electron chi connectivity index (χ1n) is 8.25. The predicted molar refractivity (Wildman–Crippen MR) is 97.5 cm³/mol. The summed E-state index contributed by atoms with van der Waals surface area (Å²) < 4.78 is 1.55. The molecule has 0 fully saturated rings. The van der Waals surface area contributed by atoms with Crippen molar-refractivity contribution in [1.82, 2.24) is 24.8 Å². The normalized spacial score (nSPS) is 10.5. The number of aromatic nitrogens is 3. The zero-order chi connectivity index (χ0) is 18.4. The van der Waals surface area contributed by atoms with Crippen LogP contribution in [0.2, 0.25) is 0 Å². The molecule has 0 spiro atoms. The number of fused-ring (bicyclic) bond motifs is 1. The highest BCUT2D eigenvalue weighted by Gasteiger charge is 2.10. The van der Waals surface area contributed by atoms with Crippen LogP contribution in [0.5, 0.6) is 0 Å². The van der Waals surface area contributed by atoms with Crippen molar-refractivity contribution in [3.8, 4) is 0 Å². The first-order valence-corrected chi connectivity index (χ1v) is 8.25. The molecule has 0 aliphatic rings. The number of anilines is 1. The number of amides is 3. The third-order valence-electron chi connectivity index (χ3n) is 3.80. The summed E-state index contributed by atoms with van der Waals surface area (Å²) in [7, 11) is 1.72. The first-order chi connectivity index (χ1) is 12.6. The molecule has 0 unspecified atom stereocenters. The number of hydrogen-bond acceptors (Lipinski definition) is 4. The van der Waals surface area contributed by atoms with Crippen LogP contribution in [0, 0.1) is 0 Å². The van der Waals surface area contributed by atoms with Gasteiger partial charge in [-0.1, -0.05) is 30.3 Å². The monoisotopic (exact) mass is 352 g/mol. The molecule has 0 aliphatic carbocycles. The third kappa shape index (κ3) is 4.35. The Morgan fingerprint density at radius 1 is 1.12 bits per heavy atom. The minimum absolute atomic E-state index is 0.163. The molecule has 8 nitrogen and oxygen atoms in total. The summed E-state index contributed by atoms with van der Waals surface area (Å²) >= 11 is 0. The molecule has 0 radical (unpaired) electrons. The molecule has 2 aromatic heterocycles. The van der Waals surface area contributed by atoms with Crippen molar-refractivity contribution in [3.63, 3.8) is 0 Å². The molecule has 1 aromatic carbocycles. The molecule has 134 valence electrons. The lowest BCUT2D eigenvalue weighted by molar-refractivity contribution is -0.116. The molecule has 26 heavy (non-hydrogen) atoms. The minimum atomic E-state index is -0.222. The third-order valence-corrected chi connectivity index (χ3v) is 3.80. The second-order valence-electron chi connectivity index (χ2n) is 5.80. The van der Waals surface area contributed by atoms with Crippen molar-refractivity contribution in [2.24, 2.45) is 0 Å². The smallest absolute Gasteiger partial charge is 0.317 e. The second-order valence-corrected chi connectivity index (χ2v) is 5.80. The van der Waals surface area contributed by atoms with Gasteiger partial charge in [0, 0.05) is 38.8 Å². The van der Waals surface area contributed by atoms with Crippen LogP contribution in [0.15, 0.2) is 54.9 Å². The number of nitrogens with zero attached hydrogens (tertiary/aromatic N) is 4. The summed E-state index contributed by atoms with van der Waals surface area (Å²) in [5.41, 5.74) is 1.70. The van der Waals surface area contributed by atoms with Gasteiger partial charge in [-0.15, -0.1) is 0 Å². The van der Waals surface area contributed by atoms with Gasteiger partial charge in [0.05, 0.1) is 6.20 Å². The lowest BCUT2D eigenvalue weighted by atomic mass is 10.2. The lowest BCUT2D eigenvalue weighted by Gasteiger charge is -2.18. The lowest BCUT2D eigenvalue weighted by Crippen LogP contribution is -2.38.